The van der Waals surface area contributed by atoms with Crippen LogP contribution in [-0.4, -0.2) is 12.0 Å². The van der Waals surface area contributed by atoms with Gasteiger partial charge in [0.2, 0.25) is 0 Å². The number of nitrogens with one attached hydrogen (secondary N) is 1. The van der Waals surface area contributed by atoms with Crippen molar-refractivity contribution in [1.29, 1.82) is 0 Å². The number of ether oxygens (including phenoxy) is 2. The van der Waals surface area contributed by atoms with Gasteiger partial charge in [0.05, 0.1) is 11.7 Å². The lowest BCUT2D eigenvalue weighted by molar-refractivity contribution is 0.0946. The van der Waals surface area contributed by atoms with Gasteiger partial charge in [-0.1, -0.05) is 54.1 Å². The molecule has 1 amide bonds. The van der Waals surface area contributed by atoms with Gasteiger partial charge in [0.15, 0.2) is 0 Å². The van der Waals surface area contributed by atoms with Crippen LogP contribution in [0.1, 0.15) is 35.3 Å². The lowest BCUT2D eigenvalue weighted by atomic mass is 10.1. The molecule has 3 aromatic rings. The minimum Gasteiger partial charge on any atom is -0.491 e. The van der Waals surface area contributed by atoms with E-state index in [2.05, 4.69) is 5.32 Å². The highest BCUT2D eigenvalue weighted by Crippen LogP contribution is 2.24. The molecule has 5 heteroatoms. The molecule has 0 unspecified atom stereocenters. The van der Waals surface area contributed by atoms with Crippen molar-refractivity contribution < 1.29 is 14.3 Å². The highest BCUT2D eigenvalue weighted by Gasteiger charge is 2.14. The molecule has 0 bridgehead atoms. The van der Waals surface area contributed by atoms with Gasteiger partial charge in [0.1, 0.15) is 18.1 Å². The van der Waals surface area contributed by atoms with Crippen LogP contribution in [0.25, 0.3) is 0 Å². The van der Waals surface area contributed by atoms with Gasteiger partial charge in [0, 0.05) is 11.6 Å². The van der Waals surface area contributed by atoms with Crippen LogP contribution >= 0.6 is 11.6 Å². The molecule has 0 saturated heterocycles. The largest absolute Gasteiger partial charge is 0.491 e. The van der Waals surface area contributed by atoms with Gasteiger partial charge in [-0.3, -0.25) is 4.79 Å². The van der Waals surface area contributed by atoms with E-state index < -0.39 is 0 Å². The van der Waals surface area contributed by atoms with E-state index >= 15 is 0 Å². The number of carbonyl (C=O) groups is 1. The summed E-state index contributed by atoms with van der Waals surface area (Å²) in [6.45, 7) is 4.70. The van der Waals surface area contributed by atoms with E-state index in [4.69, 9.17) is 21.1 Å². The molecule has 1 N–H and O–H groups in total. The standard InChI is InChI=1S/C24H24ClNO3/c1-17(2)29-21-10-6-9-19(13-21)15-26-24(27)22-14-20(25)11-12-23(22)28-16-18-7-4-3-5-8-18/h3-14,17H,15-16H2,1-2H3,(H,26,27). The molecule has 0 spiro atoms. The fraction of sp³-hybridized carbons (Fsp3) is 0.208. The fourth-order valence-electron chi connectivity index (χ4n) is 2.82. The lowest BCUT2D eigenvalue weighted by Gasteiger charge is -2.13. The predicted octanol–water partition coefficient (Wildman–Crippen LogP) is 5.64. The number of carbonyl (C=O) groups excluding carboxylic acids is 1. The second-order valence-corrected chi connectivity index (χ2v) is 7.35. The minimum atomic E-state index is -0.245. The van der Waals surface area contributed by atoms with Crippen molar-refractivity contribution in [3.8, 4) is 11.5 Å². The molecule has 3 rings (SSSR count). The van der Waals surface area contributed by atoms with Gasteiger partial charge in [-0.15, -0.1) is 0 Å². The molecule has 0 radical (unpaired) electrons. The Bertz CT molecular complexity index is 957. The van der Waals surface area contributed by atoms with Gasteiger partial charge in [-0.05, 0) is 55.3 Å². The van der Waals surface area contributed by atoms with E-state index in [1.54, 1.807) is 18.2 Å². The molecule has 0 saturated carbocycles. The summed E-state index contributed by atoms with van der Waals surface area (Å²) in [7, 11) is 0. The summed E-state index contributed by atoms with van der Waals surface area (Å²) >= 11 is 6.11. The lowest BCUT2D eigenvalue weighted by Crippen LogP contribution is -2.23. The molecule has 4 nitrogen and oxygen atoms in total. The Balaban J connectivity index is 1.68. The summed E-state index contributed by atoms with van der Waals surface area (Å²) < 4.78 is 11.6. The maximum absolute atomic E-state index is 12.8. The number of halogens is 1. The Labute approximate surface area is 176 Å². The Kier molecular flexibility index (Phi) is 7.14. The summed E-state index contributed by atoms with van der Waals surface area (Å²) in [4.78, 5) is 12.8. The normalized spacial score (nSPS) is 10.6. The first kappa shape index (κ1) is 20.7. The molecular weight excluding hydrogens is 386 g/mol. The molecule has 29 heavy (non-hydrogen) atoms. The number of hydrogen-bond donors (Lipinski definition) is 1. The zero-order chi connectivity index (χ0) is 20.6. The third-order valence-electron chi connectivity index (χ3n) is 4.15. The van der Waals surface area contributed by atoms with Crippen molar-refractivity contribution in [3.63, 3.8) is 0 Å². The Morgan fingerprint density at radius 1 is 0.966 bits per heavy atom. The van der Waals surface area contributed by atoms with E-state index in [-0.39, 0.29) is 12.0 Å². The maximum Gasteiger partial charge on any atom is 0.255 e. The van der Waals surface area contributed by atoms with Crippen molar-refractivity contribution in [2.45, 2.75) is 33.1 Å². The van der Waals surface area contributed by atoms with Gasteiger partial charge >= 0.3 is 0 Å². The average Bonchev–Trinajstić information content (AvgIpc) is 2.71. The van der Waals surface area contributed by atoms with E-state index in [0.29, 0.717) is 29.5 Å². The number of benzene rings is 3. The Hall–Kier alpha value is -2.98. The van der Waals surface area contributed by atoms with Crippen LogP contribution in [0.4, 0.5) is 0 Å². The van der Waals surface area contributed by atoms with Crippen LogP contribution in [0.3, 0.4) is 0 Å². The van der Waals surface area contributed by atoms with Crippen LogP contribution in [0, 0.1) is 0 Å². The first-order valence-electron chi connectivity index (χ1n) is 9.51. The van der Waals surface area contributed by atoms with Gasteiger partial charge in [0.25, 0.3) is 5.91 Å². The first-order valence-corrected chi connectivity index (χ1v) is 9.89. The molecule has 3 aromatic carbocycles. The number of hydrogen-bond acceptors (Lipinski definition) is 3. The van der Waals surface area contributed by atoms with Crippen LogP contribution in [0.15, 0.2) is 72.8 Å². The highest BCUT2D eigenvalue weighted by atomic mass is 35.5. The van der Waals surface area contributed by atoms with Crippen LogP contribution in [-0.2, 0) is 13.2 Å². The van der Waals surface area contributed by atoms with Crippen LogP contribution < -0.4 is 14.8 Å². The third-order valence-corrected chi connectivity index (χ3v) is 4.38. The third kappa shape index (κ3) is 6.26. The molecule has 0 aliphatic heterocycles. The van der Waals surface area contributed by atoms with Gasteiger partial charge in [-0.25, -0.2) is 0 Å². The highest BCUT2D eigenvalue weighted by molar-refractivity contribution is 6.31. The second-order valence-electron chi connectivity index (χ2n) is 6.91. The quantitative estimate of drug-likeness (QED) is 0.524. The molecule has 0 aliphatic carbocycles. The van der Waals surface area contributed by atoms with E-state index in [1.807, 2.05) is 68.4 Å². The van der Waals surface area contributed by atoms with E-state index in [0.717, 1.165) is 16.9 Å². The Morgan fingerprint density at radius 3 is 2.48 bits per heavy atom. The van der Waals surface area contributed by atoms with Gasteiger partial charge in [-0.2, -0.15) is 0 Å². The molecule has 0 fully saturated rings. The van der Waals surface area contributed by atoms with Crippen molar-refractivity contribution in [1.82, 2.24) is 5.32 Å². The zero-order valence-corrected chi connectivity index (χ0v) is 17.3. The summed E-state index contributed by atoms with van der Waals surface area (Å²) in [5.74, 6) is 1.03. The van der Waals surface area contributed by atoms with Crippen molar-refractivity contribution >= 4 is 17.5 Å². The van der Waals surface area contributed by atoms with Gasteiger partial charge < -0.3 is 14.8 Å². The average molecular weight is 410 g/mol. The topological polar surface area (TPSA) is 47.6 Å². The maximum atomic E-state index is 12.8. The Morgan fingerprint density at radius 2 is 1.72 bits per heavy atom. The van der Waals surface area contributed by atoms with E-state index in [9.17, 15) is 4.79 Å². The van der Waals surface area contributed by atoms with Crippen molar-refractivity contribution in [3.05, 3.63) is 94.5 Å². The number of rotatable bonds is 8. The molecular formula is C24H24ClNO3. The smallest absolute Gasteiger partial charge is 0.255 e. The summed E-state index contributed by atoms with van der Waals surface area (Å²) in [6, 6.07) is 22.5. The monoisotopic (exact) mass is 409 g/mol. The summed E-state index contributed by atoms with van der Waals surface area (Å²) in [5, 5.41) is 3.41. The number of amides is 1. The predicted molar refractivity (Wildman–Crippen MR) is 116 cm³/mol. The molecule has 0 aromatic heterocycles. The molecule has 150 valence electrons. The van der Waals surface area contributed by atoms with Crippen LogP contribution in [0.2, 0.25) is 5.02 Å². The zero-order valence-electron chi connectivity index (χ0n) is 16.5. The summed E-state index contributed by atoms with van der Waals surface area (Å²) in [6.07, 6.45) is 0.0932. The fourth-order valence-corrected chi connectivity index (χ4v) is 2.99. The van der Waals surface area contributed by atoms with Crippen molar-refractivity contribution in [2.24, 2.45) is 0 Å². The molecule has 0 atom stereocenters. The van der Waals surface area contributed by atoms with Crippen LogP contribution in [0.5, 0.6) is 11.5 Å². The van der Waals surface area contributed by atoms with E-state index in [1.165, 1.54) is 0 Å². The SMILES string of the molecule is CC(C)Oc1cccc(CNC(=O)c2cc(Cl)ccc2OCc2ccccc2)c1. The van der Waals surface area contributed by atoms with Crippen molar-refractivity contribution in [2.75, 3.05) is 0 Å². The molecule has 0 heterocycles. The summed E-state index contributed by atoms with van der Waals surface area (Å²) in [5.41, 5.74) is 2.38. The first-order chi connectivity index (χ1) is 14.0. The minimum absolute atomic E-state index is 0.0932. The molecule has 0 aliphatic rings. The second kappa shape index (κ2) is 9.99.